The second-order valence-electron chi connectivity index (χ2n) is 32.8. The van der Waals surface area contributed by atoms with E-state index in [0.717, 1.165) is 82.2 Å². The molecule has 5 saturated heterocycles. The first-order valence-corrected chi connectivity index (χ1v) is 42.6. The van der Waals surface area contributed by atoms with Crippen molar-refractivity contribution in [3.8, 4) is 5.69 Å². The number of benzene rings is 1. The van der Waals surface area contributed by atoms with Gasteiger partial charge in [0.05, 0.1) is 49.6 Å². The Bertz CT molecular complexity index is 4420. The topological polar surface area (TPSA) is 728 Å². The average Bonchev–Trinajstić information content (AvgIpc) is 1.06. The number of primary amides is 2. The molecule has 6 amide bonds. The number of nitrogens with one attached hydrogen (secondary N) is 4. The normalized spacial score (nSPS) is 31.1. The van der Waals surface area contributed by atoms with Gasteiger partial charge in [-0.05, 0) is 104 Å². The number of nitro groups is 1. The van der Waals surface area contributed by atoms with E-state index in [1.165, 1.54) is 25.0 Å². The van der Waals surface area contributed by atoms with Crippen LogP contribution >= 0.6 is 7.82 Å². The lowest BCUT2D eigenvalue weighted by Crippen LogP contribution is -2.72. The number of Topliss-reactive ketones (excluding diaryl/α,β-unsaturated/α-hetero) is 1. The number of nitrogens with two attached hydrogens (primary N) is 2. The second-order valence-corrected chi connectivity index (χ2v) is 34.2. The Morgan fingerprint density at radius 2 is 1.31 bits per heavy atom. The van der Waals surface area contributed by atoms with Crippen molar-refractivity contribution in [3.05, 3.63) is 105 Å². The fourth-order valence-corrected chi connectivity index (χ4v) is 15.1. The van der Waals surface area contributed by atoms with Gasteiger partial charge in [-0.25, -0.2) is 23.8 Å². The van der Waals surface area contributed by atoms with Crippen LogP contribution in [0.15, 0.2) is 77.5 Å². The van der Waals surface area contributed by atoms with Crippen molar-refractivity contribution in [2.24, 2.45) is 16.9 Å². The van der Waals surface area contributed by atoms with Gasteiger partial charge in [0.1, 0.15) is 103 Å². The van der Waals surface area contributed by atoms with Crippen LogP contribution in [0.2, 0.25) is 0 Å². The van der Waals surface area contributed by atoms with E-state index in [1.807, 2.05) is 6.08 Å². The molecule has 0 bridgehead atoms. The van der Waals surface area contributed by atoms with E-state index in [2.05, 4.69) is 90.8 Å². The maximum atomic E-state index is 14.2. The Morgan fingerprint density at radius 3 is 1.91 bits per heavy atom. The van der Waals surface area contributed by atoms with Crippen LogP contribution in [0.3, 0.4) is 0 Å². The van der Waals surface area contributed by atoms with Gasteiger partial charge in [0.25, 0.3) is 11.6 Å². The van der Waals surface area contributed by atoms with Crippen molar-refractivity contribution >= 4 is 66.9 Å². The smallest absolute Gasteiger partial charge is 0.474 e. The number of aliphatic hydroxyl groups is 10. The number of aliphatic hydroxyl groups excluding tert-OH is 9. The highest BCUT2D eigenvalue weighted by Crippen LogP contribution is 2.49. The predicted molar refractivity (Wildman–Crippen MR) is 439 cm³/mol. The third-order valence-electron chi connectivity index (χ3n) is 21.4. The first-order valence-electron chi connectivity index (χ1n) is 41.1. The van der Waals surface area contributed by atoms with Crippen LogP contribution in [-0.4, -0.2) is 332 Å². The van der Waals surface area contributed by atoms with Crippen molar-refractivity contribution in [2.75, 3.05) is 39.5 Å². The molecule has 722 valence electrons. The van der Waals surface area contributed by atoms with Crippen molar-refractivity contribution in [1.82, 2.24) is 36.0 Å². The Balaban J connectivity index is 1.17. The van der Waals surface area contributed by atoms with E-state index in [-0.39, 0.29) is 30.8 Å². The van der Waals surface area contributed by atoms with Crippen molar-refractivity contribution < 1.29 is 180 Å². The molecule has 0 spiro atoms. The summed E-state index contributed by atoms with van der Waals surface area (Å²) in [5, 5.41) is 161. The fraction of sp³-hybridized carbons (Fsp3) is 0.662. The number of nitro benzene ring substituents is 1. The van der Waals surface area contributed by atoms with Crippen LogP contribution in [0.4, 0.5) is 10.5 Å². The third-order valence-corrected chi connectivity index (χ3v) is 22.3. The number of ketones is 1. The summed E-state index contributed by atoms with van der Waals surface area (Å²) in [6.07, 6.45) is -38.7. The zero-order valence-electron chi connectivity index (χ0n) is 72.8. The molecule has 2 unspecified atom stereocenters. The quantitative estimate of drug-likeness (QED) is 0.00895. The number of carboxylic acids is 2. The van der Waals surface area contributed by atoms with Gasteiger partial charge < -0.3 is 151 Å². The van der Waals surface area contributed by atoms with Gasteiger partial charge in [0, 0.05) is 46.3 Å². The molecule has 6 heterocycles. The molecule has 0 saturated carbocycles. The number of aromatic nitrogens is 3. The van der Waals surface area contributed by atoms with Crippen LogP contribution in [0.5, 0.6) is 0 Å². The number of hydrogen-bond donors (Lipinski definition) is 19. The molecule has 27 atom stereocenters. The maximum absolute atomic E-state index is 14.2. The third kappa shape index (κ3) is 30.0. The van der Waals surface area contributed by atoms with Crippen LogP contribution in [0, 0.1) is 15.5 Å². The van der Waals surface area contributed by atoms with Gasteiger partial charge in [-0.1, -0.05) is 73.1 Å². The molecule has 5 aliphatic heterocycles. The number of rotatable bonds is 46. The highest BCUT2D eigenvalue weighted by Gasteiger charge is 2.63. The Morgan fingerprint density at radius 1 is 0.713 bits per heavy atom. The second kappa shape index (κ2) is 47.9. The van der Waals surface area contributed by atoms with Crippen molar-refractivity contribution in [3.63, 3.8) is 0 Å². The van der Waals surface area contributed by atoms with Gasteiger partial charge in [-0.2, -0.15) is 0 Å². The van der Waals surface area contributed by atoms with Crippen LogP contribution < -0.4 is 32.7 Å². The van der Waals surface area contributed by atoms with Crippen LogP contribution in [-0.2, 0) is 94.5 Å². The largest absolute Gasteiger partial charge is 0.481 e. The van der Waals surface area contributed by atoms with E-state index in [0.29, 0.717) is 17.5 Å². The standard InChI is InChI=1S/C80H119N10O38P/c1-36(2)16-15-18-37(3)19-20-39(5)25-28-79(10,11)27-14-13-17-38(4)26-31-116-50(72(108)109)35-118-129(114,115)128-77-65(66(127-78(82)110)80(12,111)67(126-77)68(81)106)125-74-53(86-43(9)94)56(100)63(49(121-74)34-117-75-60(104)57(101)54(98)48(33-91)120-75)123-73-52(85-42(8)93)55(99)62(40(6)119-73)122-76-61(105)58(102)59(103)64(124-76)70-87-69(47(95)23-24-51(96)97)88-89(70)44-21-22-46(90(112)113)45(32-44)71(107)84-30-29-83-41(7)92/h14,16,19,21-22,26-27,32,40,48-50,52-67,73-77,91,98-105,111H,5,13,15,17-18,20,23-25,28-31,33-35H2,1-4,6-12H3,(H2,81,106)(H2,82,110)(H,83,92)(H,84,107)(H,85,93)(H,86,94)(H,96,97)(H,108,109)(H,114,115)/b27-14+,37-19+,38-26-/t40-,48-,49-,50-,52-,53-,54-,55-,56-,57+,58+,59-,60-,61-,62-,63-,64?,65-,66-,67-,73+,74+,75-,76-,77-,80+/m1/s1. The number of carboxylic acid groups (broad SMARTS) is 2. The lowest BCUT2D eigenvalue weighted by Gasteiger charge is -2.52. The molecule has 5 aliphatic rings. The van der Waals surface area contributed by atoms with Crippen molar-refractivity contribution in [2.45, 2.75) is 293 Å². The Labute approximate surface area is 739 Å². The Hall–Kier alpha value is -9.00. The monoisotopic (exact) mass is 1860 g/mol. The molecule has 0 aliphatic carbocycles. The van der Waals surface area contributed by atoms with Gasteiger partial charge in [-0.3, -0.25) is 52.7 Å². The molecular formula is C80H119N10O38P. The van der Waals surface area contributed by atoms with Crippen LogP contribution in [0.1, 0.15) is 167 Å². The zero-order chi connectivity index (χ0) is 96.2. The molecule has 0 radical (unpaired) electrons. The molecule has 21 N–H and O–H groups in total. The lowest BCUT2D eigenvalue weighted by molar-refractivity contribution is -0.385. The number of hydrogen-bond acceptors (Lipinski definition) is 37. The number of phosphoric acid groups is 1. The number of carbonyl (C=O) groups is 9. The summed E-state index contributed by atoms with van der Waals surface area (Å²) >= 11 is 0. The molecule has 1 aromatic carbocycles. The first kappa shape index (κ1) is 107. The summed E-state index contributed by atoms with van der Waals surface area (Å²) in [5.74, 6) is -10.9. The number of allylic oxidation sites excluding steroid dienone is 8. The van der Waals surface area contributed by atoms with Gasteiger partial charge in [0.15, 0.2) is 61.7 Å². The number of nitrogens with zero attached hydrogens (tertiary/aromatic N) is 4. The van der Waals surface area contributed by atoms with Crippen LogP contribution in [0.25, 0.3) is 5.69 Å². The molecule has 5 fully saturated rings. The summed E-state index contributed by atoms with van der Waals surface area (Å²) in [5.41, 5.74) is 10.7. The molecule has 1 aromatic heterocycles. The summed E-state index contributed by atoms with van der Waals surface area (Å²) in [7, 11) is -5.91. The van der Waals surface area contributed by atoms with E-state index in [4.69, 9.17) is 72.6 Å². The van der Waals surface area contributed by atoms with Gasteiger partial charge >= 0.3 is 25.9 Å². The Kier molecular flexibility index (Phi) is 39.7. The molecule has 129 heavy (non-hydrogen) atoms. The minimum Gasteiger partial charge on any atom is -0.481 e. The molecular weight excluding hydrogens is 1740 g/mol. The lowest BCUT2D eigenvalue weighted by atomic mass is 9.85. The summed E-state index contributed by atoms with van der Waals surface area (Å²) in [6.45, 7) is 17.3. The van der Waals surface area contributed by atoms with E-state index >= 15 is 0 Å². The molecule has 48 nitrogen and oxygen atoms in total. The number of aliphatic carboxylic acids is 2. The average molecular weight is 1860 g/mol. The SMILES string of the molecule is C=C(C/C=C(\C)CCC=C(C)C)CCC(C)(C)/C=C/CC/C(C)=C\CO[C@H](COP(=O)(O)O[C@H]1O[C@H](C(N)=O)[C@@](C)(O)[C@H](OC(N)=O)[C@H]1O[C@@H]1O[C@H](CO[C@@H]2O[C@H](CO)[C@@H](O)[C@H](O)[C@H]2O)[C@@H](O[C@@H]2O[C@H](C)[C@@H](O[C@@H]3OC(c4nc(C(=O)CCC(=O)O)nn4-c4ccc([N+](=O)[O-])c(C(=O)NCCNC(C)=O)c4)[C@H](O)[C@H](O)[C@H]3O)[C@H](O)[C@H]2NC(C)=O)[C@H](O)[C@H]1NC(C)=O)C(=O)O. The summed E-state index contributed by atoms with van der Waals surface area (Å²) in [6, 6.07) is -1.45. The molecule has 49 heteroatoms. The summed E-state index contributed by atoms with van der Waals surface area (Å²) in [4.78, 5) is 143. The molecule has 7 rings (SSSR count). The van der Waals surface area contributed by atoms with E-state index < -0.39 is 281 Å². The molecule has 2 aromatic rings. The zero-order valence-corrected chi connectivity index (χ0v) is 73.7. The minimum atomic E-state index is -5.91. The number of ether oxygens (including phenoxy) is 11. The summed E-state index contributed by atoms with van der Waals surface area (Å²) < 4.78 is 91.0. The highest BCUT2D eigenvalue weighted by atomic mass is 31.2. The van der Waals surface area contributed by atoms with Gasteiger partial charge in [0.2, 0.25) is 35.2 Å². The van der Waals surface area contributed by atoms with Gasteiger partial charge in [-0.15, -0.1) is 5.10 Å². The number of carbonyl (C=O) groups excluding carboxylic acids is 7. The van der Waals surface area contributed by atoms with Crippen molar-refractivity contribution in [1.29, 1.82) is 0 Å². The predicted octanol–water partition coefficient (Wildman–Crippen LogP) is -1.50. The first-order chi connectivity index (χ1) is 60.4. The van der Waals surface area contributed by atoms with E-state index in [9.17, 15) is 124 Å². The fourth-order valence-electron chi connectivity index (χ4n) is 14.3. The highest BCUT2D eigenvalue weighted by molar-refractivity contribution is 7.47. The maximum Gasteiger partial charge on any atom is 0.474 e. The number of phosphoric ester groups is 1. The van der Waals surface area contributed by atoms with E-state index in [1.54, 1.807) is 13.0 Å². The minimum absolute atomic E-state index is 0.124. The number of amides is 6.